The van der Waals surface area contributed by atoms with Gasteiger partial charge in [0.1, 0.15) is 0 Å². The lowest BCUT2D eigenvalue weighted by Gasteiger charge is -2.35. The molecule has 0 aliphatic carbocycles. The smallest absolute Gasteiger partial charge is 0.253 e. The number of benzene rings is 2. The van der Waals surface area contributed by atoms with Gasteiger partial charge >= 0.3 is 0 Å². The maximum Gasteiger partial charge on any atom is 0.253 e. The Morgan fingerprint density at radius 1 is 1.06 bits per heavy atom. The zero-order valence-corrected chi connectivity index (χ0v) is 19.0. The first-order chi connectivity index (χ1) is 14.8. The number of ether oxygens (including phenoxy) is 1. The predicted octanol–water partition coefficient (Wildman–Crippen LogP) is 4.13. The number of halogens is 1. The van der Waals surface area contributed by atoms with E-state index in [2.05, 4.69) is 15.5 Å². The fourth-order valence-corrected chi connectivity index (χ4v) is 3.72. The molecule has 6 nitrogen and oxygen atoms in total. The number of hydrogen-bond donors (Lipinski definition) is 2. The molecule has 2 amide bonds. The van der Waals surface area contributed by atoms with E-state index < -0.39 is 5.41 Å². The van der Waals surface area contributed by atoms with Crippen LogP contribution in [0.3, 0.4) is 0 Å². The molecular weight excluding hydrogens is 414 g/mol. The van der Waals surface area contributed by atoms with Crippen molar-refractivity contribution in [3.05, 3.63) is 64.7 Å². The molecule has 1 aliphatic rings. The van der Waals surface area contributed by atoms with E-state index in [1.807, 2.05) is 45.0 Å². The van der Waals surface area contributed by atoms with Gasteiger partial charge in [0.25, 0.3) is 5.91 Å². The average Bonchev–Trinajstić information content (AvgIpc) is 2.75. The van der Waals surface area contributed by atoms with E-state index in [4.69, 9.17) is 16.3 Å². The van der Waals surface area contributed by atoms with E-state index in [-0.39, 0.29) is 17.9 Å². The molecule has 0 unspecified atom stereocenters. The number of anilines is 1. The molecule has 0 bridgehead atoms. The third-order valence-corrected chi connectivity index (χ3v) is 5.65. The molecule has 2 N–H and O–H groups in total. The molecule has 31 heavy (non-hydrogen) atoms. The fraction of sp³-hybridized carbons (Fsp3) is 0.417. The Hall–Kier alpha value is -2.41. The van der Waals surface area contributed by atoms with Crippen LogP contribution in [0.25, 0.3) is 0 Å². The monoisotopic (exact) mass is 443 g/mol. The zero-order chi connectivity index (χ0) is 22.4. The topological polar surface area (TPSA) is 70.7 Å². The second-order valence-corrected chi connectivity index (χ2v) is 9.05. The number of amides is 2. The van der Waals surface area contributed by atoms with Crippen molar-refractivity contribution < 1.29 is 14.3 Å². The van der Waals surface area contributed by atoms with E-state index in [1.165, 1.54) is 0 Å². The minimum absolute atomic E-state index is 0.0714. The van der Waals surface area contributed by atoms with Crippen LogP contribution in [-0.2, 0) is 9.53 Å². The lowest BCUT2D eigenvalue weighted by Crippen LogP contribution is -2.44. The zero-order valence-electron chi connectivity index (χ0n) is 18.3. The van der Waals surface area contributed by atoms with Gasteiger partial charge in [0.05, 0.1) is 30.5 Å². The number of nitrogens with one attached hydrogen (secondary N) is 2. The Balaban J connectivity index is 1.77. The maximum absolute atomic E-state index is 13.1. The summed E-state index contributed by atoms with van der Waals surface area (Å²) >= 11 is 6.48. The maximum atomic E-state index is 13.1. The number of nitrogens with zero attached hydrogens (tertiary/aromatic N) is 1. The van der Waals surface area contributed by atoms with Gasteiger partial charge < -0.3 is 15.4 Å². The largest absolute Gasteiger partial charge is 0.379 e. The van der Waals surface area contributed by atoms with Crippen LogP contribution in [0.4, 0.5) is 5.69 Å². The second kappa shape index (κ2) is 10.3. The molecule has 0 radical (unpaired) electrons. The van der Waals surface area contributed by atoms with Crippen LogP contribution >= 0.6 is 11.6 Å². The Kier molecular flexibility index (Phi) is 7.70. The summed E-state index contributed by atoms with van der Waals surface area (Å²) in [5.41, 5.74) is 1.34. The van der Waals surface area contributed by atoms with Crippen molar-refractivity contribution >= 4 is 29.1 Å². The summed E-state index contributed by atoms with van der Waals surface area (Å²) in [7, 11) is 0. The Bertz CT molecular complexity index is 920. The summed E-state index contributed by atoms with van der Waals surface area (Å²) < 4.78 is 5.49. The molecule has 1 fully saturated rings. The molecule has 0 aromatic heterocycles. The van der Waals surface area contributed by atoms with Gasteiger partial charge in [0.15, 0.2) is 0 Å². The summed E-state index contributed by atoms with van der Waals surface area (Å²) in [4.78, 5) is 27.8. The van der Waals surface area contributed by atoms with Crippen molar-refractivity contribution in [1.82, 2.24) is 10.2 Å². The van der Waals surface area contributed by atoms with Crippen LogP contribution in [0.2, 0.25) is 5.02 Å². The van der Waals surface area contributed by atoms with Crippen LogP contribution in [0.5, 0.6) is 0 Å². The number of carbonyl (C=O) groups excluding carboxylic acids is 2. The number of rotatable bonds is 6. The Morgan fingerprint density at radius 2 is 1.71 bits per heavy atom. The highest BCUT2D eigenvalue weighted by atomic mass is 35.5. The standard InChI is InChI=1S/C24H30ClN3O3/c1-24(2,3)23(30)27-20-11-7-5-9-18(20)22(29)26-16-21(28-12-14-31-15-13-28)17-8-4-6-10-19(17)25/h4-11,21H,12-16H2,1-3H3,(H,26,29)(H,27,30)/t21-/m0/s1. The van der Waals surface area contributed by atoms with Crippen molar-refractivity contribution in [2.45, 2.75) is 26.8 Å². The molecular formula is C24H30ClN3O3. The number of para-hydroxylation sites is 1. The molecule has 7 heteroatoms. The SMILES string of the molecule is CC(C)(C)C(=O)Nc1ccccc1C(=O)NC[C@@H](c1ccccc1Cl)N1CCOCC1. The highest BCUT2D eigenvalue weighted by Crippen LogP contribution is 2.28. The first-order valence-electron chi connectivity index (χ1n) is 10.5. The van der Waals surface area contributed by atoms with Gasteiger partial charge in [0.2, 0.25) is 5.91 Å². The van der Waals surface area contributed by atoms with Crippen LogP contribution < -0.4 is 10.6 Å². The minimum Gasteiger partial charge on any atom is -0.379 e. The number of morpholine rings is 1. The van der Waals surface area contributed by atoms with Gasteiger partial charge in [-0.25, -0.2) is 0 Å². The lowest BCUT2D eigenvalue weighted by atomic mass is 9.95. The van der Waals surface area contributed by atoms with Gasteiger partial charge in [-0.3, -0.25) is 14.5 Å². The first kappa shape index (κ1) is 23.3. The molecule has 1 saturated heterocycles. The normalized spacial score (nSPS) is 15.9. The quantitative estimate of drug-likeness (QED) is 0.704. The number of carbonyl (C=O) groups is 2. The third kappa shape index (κ3) is 6.06. The Morgan fingerprint density at radius 3 is 2.39 bits per heavy atom. The Labute approximate surface area is 188 Å². The van der Waals surface area contributed by atoms with E-state index in [9.17, 15) is 9.59 Å². The molecule has 3 rings (SSSR count). The van der Waals surface area contributed by atoms with Crippen molar-refractivity contribution in [2.75, 3.05) is 38.2 Å². The first-order valence-corrected chi connectivity index (χ1v) is 10.9. The molecule has 2 aromatic carbocycles. The minimum atomic E-state index is -0.560. The highest BCUT2D eigenvalue weighted by Gasteiger charge is 2.26. The molecule has 166 valence electrons. The van der Waals surface area contributed by atoms with Gasteiger partial charge in [-0.15, -0.1) is 0 Å². The van der Waals surface area contributed by atoms with Gasteiger partial charge in [-0.1, -0.05) is 62.7 Å². The average molecular weight is 444 g/mol. The molecule has 2 aromatic rings. The van der Waals surface area contributed by atoms with Crippen LogP contribution in [0, 0.1) is 5.41 Å². The van der Waals surface area contributed by atoms with Crippen molar-refractivity contribution in [3.63, 3.8) is 0 Å². The van der Waals surface area contributed by atoms with Crippen LogP contribution in [0.1, 0.15) is 42.7 Å². The molecule has 0 spiro atoms. The predicted molar refractivity (Wildman–Crippen MR) is 123 cm³/mol. The van der Waals surface area contributed by atoms with E-state index >= 15 is 0 Å². The van der Waals surface area contributed by atoms with Gasteiger partial charge in [-0.2, -0.15) is 0 Å². The van der Waals surface area contributed by atoms with Crippen LogP contribution in [0.15, 0.2) is 48.5 Å². The summed E-state index contributed by atoms with van der Waals surface area (Å²) in [6.45, 7) is 8.73. The summed E-state index contributed by atoms with van der Waals surface area (Å²) in [5.74, 6) is -0.384. The van der Waals surface area contributed by atoms with E-state index in [0.29, 0.717) is 36.0 Å². The lowest BCUT2D eigenvalue weighted by molar-refractivity contribution is -0.123. The molecule has 1 atom stereocenters. The van der Waals surface area contributed by atoms with Crippen molar-refractivity contribution in [1.29, 1.82) is 0 Å². The van der Waals surface area contributed by atoms with Crippen LogP contribution in [-0.4, -0.2) is 49.6 Å². The van der Waals surface area contributed by atoms with E-state index in [0.717, 1.165) is 18.7 Å². The summed E-state index contributed by atoms with van der Waals surface area (Å²) in [6.07, 6.45) is 0. The second-order valence-electron chi connectivity index (χ2n) is 8.65. The van der Waals surface area contributed by atoms with Gasteiger partial charge in [0, 0.05) is 30.1 Å². The highest BCUT2D eigenvalue weighted by molar-refractivity contribution is 6.31. The molecule has 1 aliphatic heterocycles. The molecule has 0 saturated carbocycles. The summed E-state index contributed by atoms with van der Waals surface area (Å²) in [5, 5.41) is 6.59. The van der Waals surface area contributed by atoms with Crippen molar-refractivity contribution in [2.24, 2.45) is 5.41 Å². The molecule has 1 heterocycles. The fourth-order valence-electron chi connectivity index (χ4n) is 3.45. The summed E-state index contributed by atoms with van der Waals surface area (Å²) in [6, 6.07) is 14.7. The van der Waals surface area contributed by atoms with Gasteiger partial charge in [-0.05, 0) is 23.8 Å². The van der Waals surface area contributed by atoms with E-state index in [1.54, 1.807) is 24.3 Å². The van der Waals surface area contributed by atoms with Crippen molar-refractivity contribution in [3.8, 4) is 0 Å². The third-order valence-electron chi connectivity index (χ3n) is 5.31. The number of hydrogen-bond acceptors (Lipinski definition) is 4.